The van der Waals surface area contributed by atoms with Gasteiger partial charge in [0.25, 0.3) is 0 Å². The summed E-state index contributed by atoms with van der Waals surface area (Å²) in [5.41, 5.74) is 10.4. The van der Waals surface area contributed by atoms with E-state index < -0.39 is 0 Å². The van der Waals surface area contributed by atoms with E-state index in [1.807, 2.05) is 17.4 Å². The van der Waals surface area contributed by atoms with Gasteiger partial charge in [-0.05, 0) is 67.8 Å². The van der Waals surface area contributed by atoms with Gasteiger partial charge in [-0.25, -0.2) is 0 Å². The van der Waals surface area contributed by atoms with Crippen LogP contribution in [0.1, 0.15) is 62.7 Å². The van der Waals surface area contributed by atoms with Gasteiger partial charge < -0.3 is 9.97 Å². The largest absolute Gasteiger partial charge is 0.361 e. The molecule has 2 N–H and O–H groups in total. The highest BCUT2D eigenvalue weighted by atomic mass is 32.1. The third-order valence-electron chi connectivity index (χ3n) is 5.13. The highest BCUT2D eigenvalue weighted by Crippen LogP contribution is 2.39. The number of hydrogen-bond acceptors (Lipinski definition) is 1. The zero-order chi connectivity index (χ0) is 17.4. The van der Waals surface area contributed by atoms with Crippen LogP contribution in [0.15, 0.2) is 24.1 Å². The first-order valence-electron chi connectivity index (χ1n) is 8.52. The van der Waals surface area contributed by atoms with Gasteiger partial charge in [0, 0.05) is 27.7 Å². The Kier molecular flexibility index (Phi) is 4.55. The van der Waals surface area contributed by atoms with Crippen LogP contribution in [0.25, 0.3) is 6.08 Å². The maximum absolute atomic E-state index is 3.98. The van der Waals surface area contributed by atoms with Crippen molar-refractivity contribution in [2.24, 2.45) is 0 Å². The summed E-state index contributed by atoms with van der Waals surface area (Å²) in [7, 11) is 0. The SMILES string of the molecule is C=Cc1c(C)[nH]c(C(c2cccs2)c2[nH]c(C)c(CC)c2C)c1C. The van der Waals surface area contributed by atoms with Crippen molar-refractivity contribution in [2.75, 3.05) is 0 Å². The van der Waals surface area contributed by atoms with Gasteiger partial charge >= 0.3 is 0 Å². The molecule has 1 unspecified atom stereocenters. The second-order valence-corrected chi connectivity index (χ2v) is 7.45. The smallest absolute Gasteiger partial charge is 0.0740 e. The van der Waals surface area contributed by atoms with Crippen LogP contribution < -0.4 is 0 Å². The molecule has 2 nitrogen and oxygen atoms in total. The van der Waals surface area contributed by atoms with Crippen molar-refractivity contribution < 1.29 is 0 Å². The average molecular weight is 339 g/mol. The molecule has 0 spiro atoms. The standard InChI is InChI=1S/C21H26N2S/c1-7-16-12(3)20(22-14(16)5)19(18-10-9-11-24-18)21-13(4)17(8-2)15(6)23-21/h7,9-11,19,22-23H,1,8H2,2-6H3. The lowest BCUT2D eigenvalue weighted by Crippen LogP contribution is -2.06. The molecule has 0 saturated heterocycles. The van der Waals surface area contributed by atoms with Crippen LogP contribution in [0.2, 0.25) is 0 Å². The van der Waals surface area contributed by atoms with E-state index in [1.54, 1.807) is 0 Å². The molecule has 3 heteroatoms. The van der Waals surface area contributed by atoms with Crippen molar-refractivity contribution in [1.29, 1.82) is 0 Å². The Morgan fingerprint density at radius 1 is 1.08 bits per heavy atom. The van der Waals surface area contributed by atoms with Crippen molar-refractivity contribution in [2.45, 2.75) is 47.0 Å². The molecule has 0 aliphatic carbocycles. The van der Waals surface area contributed by atoms with Gasteiger partial charge in [0.1, 0.15) is 0 Å². The molecule has 126 valence electrons. The molecule has 3 aromatic heterocycles. The summed E-state index contributed by atoms with van der Waals surface area (Å²) in [4.78, 5) is 8.69. The highest BCUT2D eigenvalue weighted by molar-refractivity contribution is 7.10. The molecule has 0 fully saturated rings. The van der Waals surface area contributed by atoms with E-state index in [-0.39, 0.29) is 5.92 Å². The van der Waals surface area contributed by atoms with Crippen LogP contribution in [0.5, 0.6) is 0 Å². The van der Waals surface area contributed by atoms with E-state index in [0.29, 0.717) is 0 Å². The van der Waals surface area contributed by atoms with E-state index in [4.69, 9.17) is 0 Å². The summed E-state index contributed by atoms with van der Waals surface area (Å²) in [6.07, 6.45) is 3.02. The number of rotatable bonds is 5. The summed E-state index contributed by atoms with van der Waals surface area (Å²) < 4.78 is 0. The van der Waals surface area contributed by atoms with Crippen molar-refractivity contribution in [3.05, 3.63) is 74.0 Å². The van der Waals surface area contributed by atoms with E-state index >= 15 is 0 Å². The van der Waals surface area contributed by atoms with Gasteiger partial charge in [0.2, 0.25) is 0 Å². The second kappa shape index (κ2) is 6.48. The molecular weight excluding hydrogens is 312 g/mol. The first-order valence-corrected chi connectivity index (χ1v) is 9.40. The Morgan fingerprint density at radius 2 is 1.75 bits per heavy atom. The predicted octanol–water partition coefficient (Wildman–Crippen LogP) is 6.02. The fourth-order valence-corrected chi connectivity index (χ4v) is 4.75. The first-order chi connectivity index (χ1) is 11.5. The van der Waals surface area contributed by atoms with Crippen molar-refractivity contribution in [1.82, 2.24) is 9.97 Å². The maximum Gasteiger partial charge on any atom is 0.0740 e. The van der Waals surface area contributed by atoms with Gasteiger partial charge in [-0.2, -0.15) is 0 Å². The van der Waals surface area contributed by atoms with Crippen molar-refractivity contribution in [3.63, 3.8) is 0 Å². The Labute approximate surface area is 148 Å². The lowest BCUT2D eigenvalue weighted by molar-refractivity contribution is 0.886. The molecule has 3 rings (SSSR count). The minimum Gasteiger partial charge on any atom is -0.361 e. The van der Waals surface area contributed by atoms with Crippen molar-refractivity contribution in [3.8, 4) is 0 Å². The number of hydrogen-bond donors (Lipinski definition) is 2. The van der Waals surface area contributed by atoms with E-state index in [1.165, 1.54) is 49.9 Å². The van der Waals surface area contributed by atoms with Crippen LogP contribution >= 0.6 is 11.3 Å². The van der Waals surface area contributed by atoms with Gasteiger partial charge in [0.15, 0.2) is 0 Å². The molecule has 0 aromatic carbocycles. The summed E-state index contributed by atoms with van der Waals surface area (Å²) in [5, 5.41) is 2.16. The minimum atomic E-state index is 0.219. The molecule has 0 radical (unpaired) electrons. The number of H-pyrrole nitrogens is 2. The number of aryl methyl sites for hydroxylation is 2. The Balaban J connectivity index is 2.25. The summed E-state index contributed by atoms with van der Waals surface area (Å²) in [5.74, 6) is 0.219. The Hall–Kier alpha value is -2.00. The van der Waals surface area contributed by atoms with Gasteiger partial charge in [-0.15, -0.1) is 11.3 Å². The van der Waals surface area contributed by atoms with Gasteiger partial charge in [0.05, 0.1) is 5.92 Å². The average Bonchev–Trinajstić information content (AvgIpc) is 3.22. The van der Waals surface area contributed by atoms with Crippen LogP contribution in [0.4, 0.5) is 0 Å². The normalized spacial score (nSPS) is 12.5. The molecule has 3 heterocycles. The number of aromatic amines is 2. The number of thiophene rings is 1. The van der Waals surface area contributed by atoms with E-state index in [2.05, 4.69) is 68.7 Å². The van der Waals surface area contributed by atoms with Crippen LogP contribution in [0, 0.1) is 27.7 Å². The summed E-state index contributed by atoms with van der Waals surface area (Å²) in [6.45, 7) is 15.0. The minimum absolute atomic E-state index is 0.219. The summed E-state index contributed by atoms with van der Waals surface area (Å²) in [6, 6.07) is 4.37. The molecular formula is C21H26N2S. The molecule has 1 atom stereocenters. The number of nitrogens with one attached hydrogen (secondary N) is 2. The third-order valence-corrected chi connectivity index (χ3v) is 6.07. The Morgan fingerprint density at radius 3 is 2.25 bits per heavy atom. The first kappa shape index (κ1) is 16.8. The van der Waals surface area contributed by atoms with E-state index in [0.717, 1.165) is 6.42 Å². The molecule has 0 bridgehead atoms. The van der Waals surface area contributed by atoms with Gasteiger partial charge in [-0.1, -0.05) is 25.6 Å². The molecule has 0 aliphatic heterocycles. The predicted molar refractivity (Wildman–Crippen MR) is 105 cm³/mol. The van der Waals surface area contributed by atoms with Crippen molar-refractivity contribution >= 4 is 17.4 Å². The fraction of sp³-hybridized carbons (Fsp3) is 0.333. The molecule has 24 heavy (non-hydrogen) atoms. The molecule has 0 amide bonds. The Bertz CT molecular complexity index is 862. The highest BCUT2D eigenvalue weighted by Gasteiger charge is 2.27. The van der Waals surface area contributed by atoms with Gasteiger partial charge in [-0.3, -0.25) is 0 Å². The van der Waals surface area contributed by atoms with Crippen LogP contribution in [-0.4, -0.2) is 9.97 Å². The molecule has 0 aliphatic rings. The maximum atomic E-state index is 3.98. The van der Waals surface area contributed by atoms with Crippen LogP contribution in [-0.2, 0) is 6.42 Å². The monoisotopic (exact) mass is 338 g/mol. The summed E-state index contributed by atoms with van der Waals surface area (Å²) >= 11 is 1.82. The second-order valence-electron chi connectivity index (χ2n) is 6.48. The molecule has 3 aromatic rings. The van der Waals surface area contributed by atoms with E-state index in [9.17, 15) is 0 Å². The lowest BCUT2D eigenvalue weighted by atomic mass is 9.92. The lowest BCUT2D eigenvalue weighted by Gasteiger charge is -2.16. The molecule has 0 saturated carbocycles. The fourth-order valence-electron chi connectivity index (χ4n) is 3.90. The topological polar surface area (TPSA) is 31.6 Å². The quantitative estimate of drug-likeness (QED) is 0.570. The number of aromatic nitrogens is 2. The zero-order valence-corrected chi connectivity index (χ0v) is 16.0. The third kappa shape index (κ3) is 2.57. The van der Waals surface area contributed by atoms with Crippen LogP contribution in [0.3, 0.4) is 0 Å². The zero-order valence-electron chi connectivity index (χ0n) is 15.2.